The van der Waals surface area contributed by atoms with Crippen LogP contribution in [-0.4, -0.2) is 61.1 Å². The number of aliphatic hydroxyl groups excluding tert-OH is 1. The molecular formula is C18H24N2O3S. The fraction of sp³-hybridized carbons (Fsp3) is 0.556. The minimum atomic E-state index is -3.35. The van der Waals surface area contributed by atoms with Crippen molar-refractivity contribution in [3.8, 4) is 0 Å². The standard InChI is InChI=1S/C18H24N2O3S/c21-17-12-19(13-17)16-7-9-20(10-8-16)24(22,23)18-6-5-14-3-1-2-4-15(14)11-18/h1-4,11,16-17,21H,5-10,12-13H2. The second kappa shape index (κ2) is 6.26. The van der Waals surface area contributed by atoms with Gasteiger partial charge in [0.2, 0.25) is 10.0 Å². The second-order valence-electron chi connectivity index (χ2n) is 7.05. The van der Waals surface area contributed by atoms with Crippen LogP contribution in [0.5, 0.6) is 0 Å². The first kappa shape index (κ1) is 16.3. The molecule has 2 fully saturated rings. The van der Waals surface area contributed by atoms with E-state index in [1.54, 1.807) is 4.31 Å². The molecule has 0 unspecified atom stereocenters. The third-order valence-electron chi connectivity index (χ3n) is 5.51. The van der Waals surface area contributed by atoms with Crippen LogP contribution >= 0.6 is 0 Å². The number of sulfonamides is 1. The van der Waals surface area contributed by atoms with Crippen molar-refractivity contribution in [2.24, 2.45) is 0 Å². The molecule has 130 valence electrons. The third-order valence-corrected chi connectivity index (χ3v) is 7.54. The van der Waals surface area contributed by atoms with Crippen molar-refractivity contribution in [1.82, 2.24) is 9.21 Å². The Morgan fingerprint density at radius 1 is 1.04 bits per heavy atom. The number of piperidine rings is 1. The summed E-state index contributed by atoms with van der Waals surface area (Å²) in [5.41, 5.74) is 2.26. The van der Waals surface area contributed by atoms with Crippen LogP contribution in [0.2, 0.25) is 0 Å². The van der Waals surface area contributed by atoms with Gasteiger partial charge in [-0.1, -0.05) is 24.3 Å². The van der Waals surface area contributed by atoms with Gasteiger partial charge in [0.1, 0.15) is 0 Å². The van der Waals surface area contributed by atoms with Gasteiger partial charge in [0.15, 0.2) is 0 Å². The van der Waals surface area contributed by atoms with E-state index in [4.69, 9.17) is 0 Å². The van der Waals surface area contributed by atoms with E-state index in [0.717, 1.165) is 37.9 Å². The molecule has 6 heteroatoms. The van der Waals surface area contributed by atoms with E-state index >= 15 is 0 Å². The molecule has 4 rings (SSSR count). The summed E-state index contributed by atoms with van der Waals surface area (Å²) in [6.07, 6.45) is 4.76. The van der Waals surface area contributed by atoms with Gasteiger partial charge in [-0.15, -0.1) is 0 Å². The minimum Gasteiger partial charge on any atom is -0.390 e. The van der Waals surface area contributed by atoms with E-state index in [-0.39, 0.29) is 6.10 Å². The van der Waals surface area contributed by atoms with Crippen molar-refractivity contribution in [1.29, 1.82) is 0 Å². The maximum Gasteiger partial charge on any atom is 0.239 e. The van der Waals surface area contributed by atoms with Crippen LogP contribution in [0.25, 0.3) is 6.08 Å². The van der Waals surface area contributed by atoms with E-state index in [2.05, 4.69) is 11.0 Å². The fourth-order valence-electron chi connectivity index (χ4n) is 4.01. The molecule has 2 aliphatic heterocycles. The molecular weight excluding hydrogens is 324 g/mol. The molecule has 0 aromatic heterocycles. The molecule has 3 aliphatic rings. The molecule has 2 saturated heterocycles. The zero-order valence-electron chi connectivity index (χ0n) is 13.8. The molecule has 1 aromatic carbocycles. The van der Waals surface area contributed by atoms with Crippen molar-refractivity contribution >= 4 is 16.1 Å². The number of nitrogens with zero attached hydrogens (tertiary/aromatic N) is 2. The predicted molar refractivity (Wildman–Crippen MR) is 93.8 cm³/mol. The fourth-order valence-corrected chi connectivity index (χ4v) is 5.67. The maximum atomic E-state index is 13.0. The Balaban J connectivity index is 1.46. The molecule has 5 nitrogen and oxygen atoms in total. The van der Waals surface area contributed by atoms with Crippen molar-refractivity contribution in [2.75, 3.05) is 26.2 Å². The monoisotopic (exact) mass is 348 g/mol. The van der Waals surface area contributed by atoms with Gasteiger partial charge in [-0.3, -0.25) is 4.90 Å². The van der Waals surface area contributed by atoms with Gasteiger partial charge in [0.05, 0.1) is 11.0 Å². The largest absolute Gasteiger partial charge is 0.390 e. The van der Waals surface area contributed by atoms with E-state index in [0.29, 0.717) is 30.5 Å². The first-order valence-electron chi connectivity index (χ1n) is 8.75. The van der Waals surface area contributed by atoms with Crippen molar-refractivity contribution < 1.29 is 13.5 Å². The predicted octanol–water partition coefficient (Wildman–Crippen LogP) is 1.44. The highest BCUT2D eigenvalue weighted by molar-refractivity contribution is 7.93. The van der Waals surface area contributed by atoms with E-state index < -0.39 is 10.0 Å². The molecule has 0 atom stereocenters. The summed E-state index contributed by atoms with van der Waals surface area (Å²) in [7, 11) is -3.35. The molecule has 1 aromatic rings. The smallest absolute Gasteiger partial charge is 0.239 e. The second-order valence-corrected chi connectivity index (χ2v) is 9.04. The first-order valence-corrected chi connectivity index (χ1v) is 10.2. The Morgan fingerprint density at radius 3 is 2.46 bits per heavy atom. The van der Waals surface area contributed by atoms with Crippen LogP contribution in [-0.2, 0) is 16.4 Å². The zero-order valence-corrected chi connectivity index (χ0v) is 14.6. The van der Waals surface area contributed by atoms with Crippen LogP contribution in [0, 0.1) is 0 Å². The number of benzene rings is 1. The zero-order chi connectivity index (χ0) is 16.7. The van der Waals surface area contributed by atoms with Gasteiger partial charge in [0, 0.05) is 32.2 Å². The topological polar surface area (TPSA) is 60.9 Å². The number of allylic oxidation sites excluding steroid dienone is 1. The lowest BCUT2D eigenvalue weighted by Crippen LogP contribution is -2.58. The summed E-state index contributed by atoms with van der Waals surface area (Å²) in [5, 5.41) is 9.43. The van der Waals surface area contributed by atoms with Gasteiger partial charge in [-0.2, -0.15) is 4.31 Å². The average molecular weight is 348 g/mol. The Morgan fingerprint density at radius 2 is 1.75 bits per heavy atom. The molecule has 0 radical (unpaired) electrons. The molecule has 0 spiro atoms. The van der Waals surface area contributed by atoms with Gasteiger partial charge in [-0.05, 0) is 42.9 Å². The van der Waals surface area contributed by atoms with Gasteiger partial charge in [0.25, 0.3) is 0 Å². The summed E-state index contributed by atoms with van der Waals surface area (Å²) in [4.78, 5) is 2.82. The number of hydrogen-bond acceptors (Lipinski definition) is 4. The van der Waals surface area contributed by atoms with Gasteiger partial charge in [-0.25, -0.2) is 8.42 Å². The van der Waals surface area contributed by atoms with E-state index in [9.17, 15) is 13.5 Å². The summed E-state index contributed by atoms with van der Waals surface area (Å²) in [5.74, 6) is 0. The molecule has 0 saturated carbocycles. The number of aryl methyl sites for hydroxylation is 1. The van der Waals surface area contributed by atoms with Gasteiger partial charge < -0.3 is 5.11 Å². The molecule has 24 heavy (non-hydrogen) atoms. The molecule has 2 heterocycles. The van der Waals surface area contributed by atoms with Crippen LogP contribution in [0.1, 0.15) is 30.4 Å². The van der Waals surface area contributed by atoms with Crippen LogP contribution in [0.15, 0.2) is 29.2 Å². The highest BCUT2D eigenvalue weighted by Gasteiger charge is 2.36. The lowest BCUT2D eigenvalue weighted by molar-refractivity contribution is -0.0352. The SMILES string of the molecule is O=S(=O)(C1=Cc2ccccc2CC1)N1CCC(N2CC(O)C2)CC1. The number of hydrogen-bond donors (Lipinski definition) is 1. The Bertz CT molecular complexity index is 745. The summed E-state index contributed by atoms with van der Waals surface area (Å²) < 4.78 is 27.6. The van der Waals surface area contributed by atoms with Crippen molar-refractivity contribution in [3.05, 3.63) is 40.3 Å². The number of likely N-dealkylation sites (tertiary alicyclic amines) is 1. The third kappa shape index (κ3) is 2.92. The summed E-state index contributed by atoms with van der Waals surface area (Å²) >= 11 is 0. The quantitative estimate of drug-likeness (QED) is 0.898. The maximum absolute atomic E-state index is 13.0. The number of fused-ring (bicyclic) bond motifs is 1. The Kier molecular flexibility index (Phi) is 4.24. The lowest BCUT2D eigenvalue weighted by Gasteiger charge is -2.45. The van der Waals surface area contributed by atoms with Crippen molar-refractivity contribution in [2.45, 2.75) is 37.8 Å². The Hall–Kier alpha value is -1.21. The van der Waals surface area contributed by atoms with Gasteiger partial charge >= 0.3 is 0 Å². The highest BCUT2D eigenvalue weighted by Crippen LogP contribution is 2.31. The molecule has 0 amide bonds. The molecule has 1 N–H and O–H groups in total. The van der Waals surface area contributed by atoms with E-state index in [1.807, 2.05) is 24.3 Å². The normalized spacial score (nSPS) is 24.3. The van der Waals surface area contributed by atoms with Crippen LogP contribution in [0.4, 0.5) is 0 Å². The number of β-amino-alcohol motifs (C(OH)–C–C–N with tert-alkyl or cyclic N) is 1. The number of rotatable bonds is 3. The lowest BCUT2D eigenvalue weighted by atomic mass is 9.98. The molecule has 0 bridgehead atoms. The highest BCUT2D eigenvalue weighted by atomic mass is 32.2. The number of aliphatic hydroxyl groups is 1. The first-order chi connectivity index (χ1) is 11.5. The Labute approximate surface area is 143 Å². The minimum absolute atomic E-state index is 0.195. The van der Waals surface area contributed by atoms with E-state index in [1.165, 1.54) is 5.56 Å². The summed E-state index contributed by atoms with van der Waals surface area (Å²) in [6.45, 7) is 2.63. The van der Waals surface area contributed by atoms with Crippen LogP contribution < -0.4 is 0 Å². The van der Waals surface area contributed by atoms with Crippen molar-refractivity contribution in [3.63, 3.8) is 0 Å². The average Bonchev–Trinajstić information content (AvgIpc) is 2.58. The van der Waals surface area contributed by atoms with Crippen LogP contribution in [0.3, 0.4) is 0 Å². The molecule has 1 aliphatic carbocycles. The summed E-state index contributed by atoms with van der Waals surface area (Å²) in [6, 6.07) is 8.44.